The average Bonchev–Trinajstić information content (AvgIpc) is 2.16. The normalized spacial score (nSPS) is 25.3. The van der Waals surface area contributed by atoms with Crippen LogP contribution in [0.25, 0.3) is 0 Å². The molecule has 15 heavy (non-hydrogen) atoms. The maximum Gasteiger partial charge on any atom is 0.307 e. The van der Waals surface area contributed by atoms with E-state index in [1.165, 1.54) is 0 Å². The molecular weight excluding hydrogens is 194 g/mol. The zero-order valence-corrected chi connectivity index (χ0v) is 9.06. The highest BCUT2D eigenvalue weighted by atomic mass is 16.4. The Kier molecular flexibility index (Phi) is 3.88. The molecule has 1 amide bonds. The van der Waals surface area contributed by atoms with Crippen molar-refractivity contribution in [3.63, 3.8) is 0 Å². The Balaban J connectivity index is 2.69. The fraction of sp³-hybridized carbons (Fsp3) is 0.636. The van der Waals surface area contributed by atoms with Crippen molar-refractivity contribution in [3.8, 4) is 0 Å². The summed E-state index contributed by atoms with van der Waals surface area (Å²) in [6.07, 6.45) is 4.68. The molecule has 0 unspecified atom stereocenters. The van der Waals surface area contributed by atoms with Gasteiger partial charge >= 0.3 is 5.97 Å². The van der Waals surface area contributed by atoms with Crippen LogP contribution in [0.4, 0.5) is 0 Å². The summed E-state index contributed by atoms with van der Waals surface area (Å²) >= 11 is 0. The minimum absolute atomic E-state index is 0.0536. The van der Waals surface area contributed by atoms with Gasteiger partial charge in [0.2, 0.25) is 5.91 Å². The van der Waals surface area contributed by atoms with Crippen molar-refractivity contribution < 1.29 is 14.7 Å². The van der Waals surface area contributed by atoms with E-state index >= 15 is 0 Å². The predicted octanol–water partition coefficient (Wildman–Crippen LogP) is 1.18. The zero-order chi connectivity index (χ0) is 11.4. The Labute approximate surface area is 89.4 Å². The lowest BCUT2D eigenvalue weighted by atomic mass is 9.82. The van der Waals surface area contributed by atoms with Crippen LogP contribution >= 0.6 is 0 Å². The number of hydrogen-bond donors (Lipinski definition) is 2. The summed E-state index contributed by atoms with van der Waals surface area (Å²) in [6, 6.07) is 0.0536. The van der Waals surface area contributed by atoms with Gasteiger partial charge in [-0.15, -0.1) is 0 Å². The third-order valence-electron chi connectivity index (χ3n) is 2.52. The van der Waals surface area contributed by atoms with Gasteiger partial charge in [0.05, 0.1) is 11.8 Å². The molecule has 2 N–H and O–H groups in total. The molecule has 2 atom stereocenters. The van der Waals surface area contributed by atoms with E-state index in [9.17, 15) is 9.59 Å². The molecule has 0 aromatic heterocycles. The number of rotatable bonds is 3. The van der Waals surface area contributed by atoms with E-state index in [4.69, 9.17) is 5.11 Å². The number of amides is 1. The van der Waals surface area contributed by atoms with Crippen LogP contribution < -0.4 is 5.32 Å². The lowest BCUT2D eigenvalue weighted by Gasteiger charge is -2.25. The van der Waals surface area contributed by atoms with Gasteiger partial charge in [0.15, 0.2) is 0 Å². The van der Waals surface area contributed by atoms with Crippen LogP contribution in [-0.2, 0) is 9.59 Å². The van der Waals surface area contributed by atoms with Crippen LogP contribution in [0.5, 0.6) is 0 Å². The molecule has 1 rings (SSSR count). The lowest BCUT2D eigenvalue weighted by molar-refractivity contribution is -0.147. The highest BCUT2D eigenvalue weighted by Gasteiger charge is 2.33. The fourth-order valence-corrected chi connectivity index (χ4v) is 1.77. The Morgan fingerprint density at radius 1 is 1.27 bits per heavy atom. The molecule has 4 nitrogen and oxygen atoms in total. The third-order valence-corrected chi connectivity index (χ3v) is 2.52. The van der Waals surface area contributed by atoms with Crippen LogP contribution in [0.3, 0.4) is 0 Å². The van der Waals surface area contributed by atoms with E-state index in [0.29, 0.717) is 12.8 Å². The number of carbonyl (C=O) groups is 2. The average molecular weight is 211 g/mol. The molecule has 0 fully saturated rings. The van der Waals surface area contributed by atoms with E-state index in [1.807, 2.05) is 26.0 Å². The smallest absolute Gasteiger partial charge is 0.307 e. The Morgan fingerprint density at radius 3 is 2.27 bits per heavy atom. The molecule has 4 heteroatoms. The van der Waals surface area contributed by atoms with Gasteiger partial charge in [-0.2, -0.15) is 0 Å². The first-order valence-corrected chi connectivity index (χ1v) is 5.20. The second-order valence-electron chi connectivity index (χ2n) is 4.16. The van der Waals surface area contributed by atoms with Gasteiger partial charge in [-0.25, -0.2) is 0 Å². The van der Waals surface area contributed by atoms with Gasteiger partial charge < -0.3 is 10.4 Å². The van der Waals surface area contributed by atoms with Crippen molar-refractivity contribution in [1.29, 1.82) is 0 Å². The minimum Gasteiger partial charge on any atom is -0.481 e. The Hall–Kier alpha value is -1.32. The van der Waals surface area contributed by atoms with Crippen molar-refractivity contribution in [2.75, 3.05) is 0 Å². The molecule has 1 aliphatic rings. The molecule has 0 aromatic rings. The molecule has 1 aliphatic carbocycles. The number of nitrogens with one attached hydrogen (secondary N) is 1. The molecule has 0 radical (unpaired) electrons. The number of carboxylic acid groups (broad SMARTS) is 1. The van der Waals surface area contributed by atoms with Crippen LogP contribution in [0.1, 0.15) is 26.7 Å². The largest absolute Gasteiger partial charge is 0.481 e. The van der Waals surface area contributed by atoms with Gasteiger partial charge in [0, 0.05) is 6.04 Å². The van der Waals surface area contributed by atoms with Crippen molar-refractivity contribution in [1.82, 2.24) is 5.32 Å². The van der Waals surface area contributed by atoms with E-state index < -0.39 is 17.8 Å². The molecular formula is C11H17NO3. The van der Waals surface area contributed by atoms with Gasteiger partial charge in [0.25, 0.3) is 0 Å². The fourth-order valence-electron chi connectivity index (χ4n) is 1.77. The summed E-state index contributed by atoms with van der Waals surface area (Å²) < 4.78 is 0. The SMILES string of the molecule is CC(C)NC(=O)[C@@H]1CC=CC[C@@H]1C(=O)O. The standard InChI is InChI=1S/C11H17NO3/c1-7(2)12-10(13)8-5-3-4-6-9(8)11(14)15/h3-4,7-9H,5-6H2,1-2H3,(H,12,13)(H,14,15)/t8-,9+/m1/s1. The monoisotopic (exact) mass is 211 g/mol. The van der Waals surface area contributed by atoms with Gasteiger partial charge in [0.1, 0.15) is 0 Å². The quantitative estimate of drug-likeness (QED) is 0.689. The highest BCUT2D eigenvalue weighted by Crippen LogP contribution is 2.26. The van der Waals surface area contributed by atoms with Crippen LogP contribution in [-0.4, -0.2) is 23.0 Å². The van der Waals surface area contributed by atoms with Gasteiger partial charge in [-0.3, -0.25) is 9.59 Å². The van der Waals surface area contributed by atoms with Crippen molar-refractivity contribution in [2.45, 2.75) is 32.7 Å². The number of carbonyl (C=O) groups excluding carboxylic acids is 1. The first-order chi connectivity index (χ1) is 7.02. The van der Waals surface area contributed by atoms with E-state index in [0.717, 1.165) is 0 Å². The van der Waals surface area contributed by atoms with Crippen LogP contribution in [0, 0.1) is 11.8 Å². The maximum atomic E-state index is 11.7. The predicted molar refractivity (Wildman–Crippen MR) is 56.3 cm³/mol. The number of hydrogen-bond acceptors (Lipinski definition) is 2. The Bertz CT molecular complexity index is 284. The molecule has 84 valence electrons. The minimum atomic E-state index is -0.886. The highest BCUT2D eigenvalue weighted by molar-refractivity contribution is 5.85. The van der Waals surface area contributed by atoms with Crippen molar-refractivity contribution in [3.05, 3.63) is 12.2 Å². The molecule has 0 aromatic carbocycles. The van der Waals surface area contributed by atoms with E-state index in [1.54, 1.807) is 0 Å². The zero-order valence-electron chi connectivity index (χ0n) is 9.06. The summed E-state index contributed by atoms with van der Waals surface area (Å²) in [5.41, 5.74) is 0. The summed E-state index contributed by atoms with van der Waals surface area (Å²) in [4.78, 5) is 22.7. The first-order valence-electron chi connectivity index (χ1n) is 5.20. The number of aliphatic carboxylic acids is 1. The molecule has 0 aliphatic heterocycles. The number of allylic oxidation sites excluding steroid dienone is 2. The van der Waals surface area contributed by atoms with Gasteiger partial charge in [-0.05, 0) is 26.7 Å². The molecule has 0 saturated heterocycles. The summed E-state index contributed by atoms with van der Waals surface area (Å²) in [5.74, 6) is -2.03. The Morgan fingerprint density at radius 2 is 1.80 bits per heavy atom. The summed E-state index contributed by atoms with van der Waals surface area (Å²) in [6.45, 7) is 3.73. The van der Waals surface area contributed by atoms with Crippen molar-refractivity contribution >= 4 is 11.9 Å². The topological polar surface area (TPSA) is 66.4 Å². The second-order valence-corrected chi connectivity index (χ2v) is 4.16. The van der Waals surface area contributed by atoms with Crippen molar-refractivity contribution in [2.24, 2.45) is 11.8 Å². The third kappa shape index (κ3) is 3.08. The number of carboxylic acids is 1. The second kappa shape index (κ2) is 4.96. The van der Waals surface area contributed by atoms with Gasteiger partial charge in [-0.1, -0.05) is 12.2 Å². The lowest BCUT2D eigenvalue weighted by Crippen LogP contribution is -2.41. The van der Waals surface area contributed by atoms with Crippen LogP contribution in [0.15, 0.2) is 12.2 Å². The maximum absolute atomic E-state index is 11.7. The molecule has 0 saturated carbocycles. The first kappa shape index (κ1) is 11.8. The molecule has 0 heterocycles. The van der Waals surface area contributed by atoms with E-state index in [2.05, 4.69) is 5.32 Å². The summed E-state index contributed by atoms with van der Waals surface area (Å²) in [7, 11) is 0. The molecule has 0 bridgehead atoms. The van der Waals surface area contributed by atoms with E-state index in [-0.39, 0.29) is 11.9 Å². The summed E-state index contributed by atoms with van der Waals surface area (Å²) in [5, 5.41) is 11.7. The van der Waals surface area contributed by atoms with Crippen LogP contribution in [0.2, 0.25) is 0 Å². The molecule has 0 spiro atoms.